The lowest BCUT2D eigenvalue weighted by atomic mass is 9.75. The number of likely N-dealkylation sites (N-methyl/N-ethyl adjacent to an activating group) is 1. The predicted octanol–water partition coefficient (Wildman–Crippen LogP) is 2.02. The van der Waals surface area contributed by atoms with Crippen molar-refractivity contribution >= 4 is 6.08 Å². The number of nitrogens with one attached hydrogen (secondary N) is 1. The summed E-state index contributed by atoms with van der Waals surface area (Å²) in [6, 6.07) is 8.88. The monoisotopic (exact) mass is 336 g/mol. The highest BCUT2D eigenvalue weighted by molar-refractivity contribution is 5.66. The fraction of sp³-hybridized carbons (Fsp3) is 0.300. The van der Waals surface area contributed by atoms with Crippen molar-refractivity contribution in [3.63, 3.8) is 0 Å². The lowest BCUT2D eigenvalue weighted by Crippen LogP contribution is -3.09. The topological polar surface area (TPSA) is 41.4 Å². The molecular weight excluding hydrogens is 318 g/mol. The first kappa shape index (κ1) is 13.6. The second kappa shape index (κ2) is 4.70. The van der Waals surface area contributed by atoms with Crippen molar-refractivity contribution in [3.8, 4) is 23.0 Å². The van der Waals surface area contributed by atoms with Crippen LogP contribution in [-0.2, 0) is 6.54 Å². The van der Waals surface area contributed by atoms with Gasteiger partial charge in [0.05, 0.1) is 18.5 Å². The molecule has 1 unspecified atom stereocenters. The van der Waals surface area contributed by atoms with Crippen LogP contribution in [0.25, 0.3) is 6.08 Å². The number of quaternary nitrogens is 1. The van der Waals surface area contributed by atoms with Crippen molar-refractivity contribution in [2.45, 2.75) is 18.5 Å². The highest BCUT2D eigenvalue weighted by Crippen LogP contribution is 2.48. The molecule has 6 rings (SSSR count). The summed E-state index contributed by atoms with van der Waals surface area (Å²) in [5.74, 6) is 3.83. The number of rotatable bonds is 0. The minimum absolute atomic E-state index is 0.311. The molecule has 0 aromatic heterocycles. The Balaban J connectivity index is 1.52. The smallest absolute Gasteiger partial charge is 0.231 e. The van der Waals surface area contributed by atoms with Crippen molar-refractivity contribution in [1.29, 1.82) is 0 Å². The average molecular weight is 336 g/mol. The number of benzene rings is 2. The van der Waals surface area contributed by atoms with Gasteiger partial charge in [0.2, 0.25) is 13.6 Å². The van der Waals surface area contributed by atoms with Crippen molar-refractivity contribution in [2.75, 3.05) is 20.6 Å². The van der Waals surface area contributed by atoms with Crippen LogP contribution < -0.4 is 23.8 Å². The standard InChI is InChI=1S/C20H17NO4/c1-21-8-15-12(4-5-16-20(15)25-10-22-16)13-3-2-11-6-17-18(24-9-23-17)7-14(11)19(13)21/h2-7,13,19H,8-10H2,1H3/p+1/t13-,19+/m0/s1. The van der Waals surface area contributed by atoms with Crippen LogP contribution in [0.2, 0.25) is 0 Å². The summed E-state index contributed by atoms with van der Waals surface area (Å²) >= 11 is 0. The summed E-state index contributed by atoms with van der Waals surface area (Å²) in [7, 11) is 2.25. The normalized spacial score (nSPS) is 26.8. The van der Waals surface area contributed by atoms with Gasteiger partial charge in [0.25, 0.3) is 0 Å². The zero-order chi connectivity index (χ0) is 16.5. The first-order valence-electron chi connectivity index (χ1n) is 8.65. The van der Waals surface area contributed by atoms with E-state index < -0.39 is 0 Å². The SMILES string of the molecule is C[NH+]1Cc2c(ccc3c2OCO3)[C@@H]2C=Cc3cc4c(cc3[C@@H]21)OCO4. The molecular formula is C20H18NO4+. The molecule has 5 nitrogen and oxygen atoms in total. The van der Waals surface area contributed by atoms with E-state index in [1.54, 1.807) is 0 Å². The van der Waals surface area contributed by atoms with Crippen LogP contribution in [0.1, 0.15) is 34.2 Å². The third kappa shape index (κ3) is 1.76. The Kier molecular flexibility index (Phi) is 2.56. The van der Waals surface area contributed by atoms with Crippen molar-refractivity contribution < 1.29 is 23.8 Å². The van der Waals surface area contributed by atoms with Gasteiger partial charge in [0.1, 0.15) is 12.6 Å². The van der Waals surface area contributed by atoms with E-state index in [1.807, 2.05) is 6.07 Å². The molecule has 1 aliphatic carbocycles. The van der Waals surface area contributed by atoms with E-state index in [1.165, 1.54) is 27.2 Å². The highest BCUT2D eigenvalue weighted by Gasteiger charge is 2.42. The Labute approximate surface area is 145 Å². The maximum Gasteiger partial charge on any atom is 0.231 e. The molecule has 2 aromatic carbocycles. The van der Waals surface area contributed by atoms with E-state index >= 15 is 0 Å². The van der Waals surface area contributed by atoms with Gasteiger partial charge in [-0.2, -0.15) is 0 Å². The number of hydrogen-bond acceptors (Lipinski definition) is 4. The van der Waals surface area contributed by atoms with Gasteiger partial charge in [-0.1, -0.05) is 18.2 Å². The number of fused-ring (bicyclic) bond motifs is 8. The largest absolute Gasteiger partial charge is 0.454 e. The molecule has 1 N–H and O–H groups in total. The van der Waals surface area contributed by atoms with Crippen LogP contribution >= 0.6 is 0 Å². The molecule has 0 radical (unpaired) electrons. The number of hydrogen-bond donors (Lipinski definition) is 1. The summed E-state index contributed by atoms with van der Waals surface area (Å²) < 4.78 is 22.5. The summed E-state index contributed by atoms with van der Waals surface area (Å²) in [6.07, 6.45) is 4.53. The van der Waals surface area contributed by atoms with E-state index in [2.05, 4.69) is 37.4 Å². The van der Waals surface area contributed by atoms with E-state index in [9.17, 15) is 0 Å². The van der Waals surface area contributed by atoms with E-state index in [4.69, 9.17) is 18.9 Å². The third-order valence-corrected chi connectivity index (χ3v) is 5.78. The Bertz CT molecular complexity index is 936. The molecule has 4 aliphatic rings. The van der Waals surface area contributed by atoms with Crippen LogP contribution in [-0.4, -0.2) is 20.6 Å². The van der Waals surface area contributed by atoms with Gasteiger partial charge in [-0.15, -0.1) is 0 Å². The Morgan fingerprint density at radius 3 is 2.64 bits per heavy atom. The van der Waals surface area contributed by atoms with Crippen LogP contribution in [0, 0.1) is 0 Å². The Morgan fingerprint density at radius 1 is 0.920 bits per heavy atom. The lowest BCUT2D eigenvalue weighted by molar-refractivity contribution is -0.929. The molecule has 3 aliphatic heterocycles. The molecule has 2 aromatic rings. The van der Waals surface area contributed by atoms with Gasteiger partial charge in [-0.05, 0) is 29.3 Å². The highest BCUT2D eigenvalue weighted by atomic mass is 16.7. The molecule has 0 fully saturated rings. The lowest BCUT2D eigenvalue weighted by Gasteiger charge is -2.39. The first-order valence-corrected chi connectivity index (χ1v) is 8.65. The molecule has 3 atom stereocenters. The molecule has 0 saturated heterocycles. The molecule has 0 saturated carbocycles. The second-order valence-electron chi connectivity index (χ2n) is 7.09. The maximum absolute atomic E-state index is 5.76. The minimum atomic E-state index is 0.311. The fourth-order valence-corrected chi connectivity index (χ4v) is 4.68. The Hall–Kier alpha value is -2.66. The molecule has 0 bridgehead atoms. The summed E-state index contributed by atoms with van der Waals surface area (Å²) in [5, 5.41) is 0. The van der Waals surface area contributed by atoms with Gasteiger partial charge in [-0.25, -0.2) is 0 Å². The van der Waals surface area contributed by atoms with Crippen LogP contribution in [0.3, 0.4) is 0 Å². The predicted molar refractivity (Wildman–Crippen MR) is 90.2 cm³/mol. The van der Waals surface area contributed by atoms with E-state index in [-0.39, 0.29) is 0 Å². The van der Waals surface area contributed by atoms with Crippen LogP contribution in [0.4, 0.5) is 0 Å². The summed E-state index contributed by atoms with van der Waals surface area (Å²) in [4.78, 5) is 1.45. The minimum Gasteiger partial charge on any atom is -0.454 e. The van der Waals surface area contributed by atoms with Crippen LogP contribution in [0.15, 0.2) is 30.3 Å². The molecule has 3 heterocycles. The van der Waals surface area contributed by atoms with Crippen molar-refractivity contribution in [3.05, 3.63) is 52.6 Å². The van der Waals surface area contributed by atoms with Gasteiger partial charge in [0.15, 0.2) is 23.0 Å². The van der Waals surface area contributed by atoms with Gasteiger partial charge in [0, 0.05) is 5.56 Å². The second-order valence-corrected chi connectivity index (χ2v) is 7.09. The van der Waals surface area contributed by atoms with Gasteiger partial charge >= 0.3 is 0 Å². The maximum atomic E-state index is 5.76. The van der Waals surface area contributed by atoms with Gasteiger partial charge < -0.3 is 23.8 Å². The average Bonchev–Trinajstić information content (AvgIpc) is 3.28. The van der Waals surface area contributed by atoms with E-state index in [0.29, 0.717) is 25.5 Å². The van der Waals surface area contributed by atoms with Crippen molar-refractivity contribution in [1.82, 2.24) is 0 Å². The fourth-order valence-electron chi connectivity index (χ4n) is 4.68. The summed E-state index contributed by atoms with van der Waals surface area (Å²) in [6.45, 7) is 1.55. The zero-order valence-corrected chi connectivity index (χ0v) is 13.9. The van der Waals surface area contributed by atoms with Gasteiger partial charge in [-0.3, -0.25) is 0 Å². The Morgan fingerprint density at radius 2 is 1.72 bits per heavy atom. The number of ether oxygens (including phenoxy) is 4. The molecule has 126 valence electrons. The molecule has 0 amide bonds. The zero-order valence-electron chi connectivity index (χ0n) is 13.9. The van der Waals surface area contributed by atoms with E-state index in [0.717, 1.165) is 29.5 Å². The molecule has 0 spiro atoms. The molecule has 5 heteroatoms. The molecule has 25 heavy (non-hydrogen) atoms. The quantitative estimate of drug-likeness (QED) is 0.799. The van der Waals surface area contributed by atoms with Crippen LogP contribution in [0.5, 0.6) is 23.0 Å². The third-order valence-electron chi connectivity index (χ3n) is 5.78. The first-order chi connectivity index (χ1) is 12.3. The summed E-state index contributed by atoms with van der Waals surface area (Å²) in [5.41, 5.74) is 5.19. The van der Waals surface area contributed by atoms with Crippen molar-refractivity contribution in [2.24, 2.45) is 0 Å².